The molecule has 1 aliphatic rings. The van der Waals surface area contributed by atoms with Crippen LogP contribution in [0.25, 0.3) is 6.08 Å². The molecule has 3 amide bonds. The fourth-order valence-electron chi connectivity index (χ4n) is 3.10. The Morgan fingerprint density at radius 2 is 1.68 bits per heavy atom. The van der Waals surface area contributed by atoms with Crippen molar-refractivity contribution in [2.45, 2.75) is 6.54 Å². The van der Waals surface area contributed by atoms with Crippen molar-refractivity contribution in [3.05, 3.63) is 97.4 Å². The topological polar surface area (TPSA) is 75.7 Å². The maximum Gasteiger partial charge on any atom is 0.293 e. The third kappa shape index (κ3) is 6.40. The average Bonchev–Trinajstić information content (AvgIpc) is 3.09. The van der Waals surface area contributed by atoms with E-state index < -0.39 is 0 Å². The average molecular weight is 605 g/mol. The van der Waals surface area contributed by atoms with Gasteiger partial charge in [-0.2, -0.15) is 0 Å². The van der Waals surface area contributed by atoms with Gasteiger partial charge in [0.25, 0.3) is 17.1 Å². The van der Waals surface area contributed by atoms with Gasteiger partial charge in [-0.15, -0.1) is 0 Å². The van der Waals surface area contributed by atoms with Gasteiger partial charge in [0.15, 0.2) is 6.61 Å². The fraction of sp³-hybridized carbons (Fsp3) is 0.0800. The minimum absolute atomic E-state index is 0.153. The first kappa shape index (κ1) is 24.3. The second kappa shape index (κ2) is 11.1. The van der Waals surface area contributed by atoms with E-state index in [1.165, 1.54) is 4.90 Å². The third-order valence-corrected chi connectivity index (χ3v) is 6.68. The van der Waals surface area contributed by atoms with Crippen molar-refractivity contribution in [2.75, 3.05) is 11.9 Å². The van der Waals surface area contributed by atoms with E-state index in [-0.39, 0.29) is 30.2 Å². The summed E-state index contributed by atoms with van der Waals surface area (Å²) in [4.78, 5) is 38.8. The molecule has 0 bridgehead atoms. The highest BCUT2D eigenvalue weighted by Crippen LogP contribution is 2.33. The summed E-state index contributed by atoms with van der Waals surface area (Å²) in [5.74, 6) is -0.101. The minimum atomic E-state index is -0.312. The molecule has 4 rings (SSSR count). The first-order chi connectivity index (χ1) is 16.4. The Morgan fingerprint density at radius 1 is 1.00 bits per heavy atom. The third-order valence-electron chi connectivity index (χ3n) is 4.80. The lowest BCUT2D eigenvalue weighted by Gasteiger charge is -2.12. The Kier molecular flexibility index (Phi) is 7.91. The van der Waals surface area contributed by atoms with E-state index in [0.29, 0.717) is 21.4 Å². The molecule has 0 unspecified atom stereocenters. The summed E-state index contributed by atoms with van der Waals surface area (Å²) in [5, 5.41) is 3.02. The number of halogens is 2. The van der Waals surface area contributed by atoms with Gasteiger partial charge in [-0.1, -0.05) is 35.9 Å². The van der Waals surface area contributed by atoms with Gasteiger partial charge in [-0.05, 0) is 100 Å². The molecule has 3 aromatic rings. The first-order valence-corrected chi connectivity index (χ1v) is 12.4. The summed E-state index contributed by atoms with van der Waals surface area (Å²) in [6.07, 6.45) is 1.68. The molecule has 172 valence electrons. The van der Waals surface area contributed by atoms with Gasteiger partial charge in [0.05, 0.1) is 11.4 Å². The highest BCUT2D eigenvalue weighted by Gasteiger charge is 2.34. The van der Waals surface area contributed by atoms with Gasteiger partial charge in [0.1, 0.15) is 5.75 Å². The molecule has 0 aliphatic carbocycles. The first-order valence-electron chi connectivity index (χ1n) is 10.2. The van der Waals surface area contributed by atoms with Crippen LogP contribution in [0.5, 0.6) is 5.75 Å². The van der Waals surface area contributed by atoms with Crippen molar-refractivity contribution in [1.82, 2.24) is 4.90 Å². The molecule has 34 heavy (non-hydrogen) atoms. The second-order valence-electron chi connectivity index (χ2n) is 7.31. The van der Waals surface area contributed by atoms with Crippen molar-refractivity contribution in [3.63, 3.8) is 0 Å². The molecule has 9 heteroatoms. The SMILES string of the molecule is O=C(COc1ccc(/C=C2\SC(=O)N(Cc3ccc(I)cc3)C2=O)cc1)Nc1ccc(Cl)cc1. The molecule has 6 nitrogen and oxygen atoms in total. The molecule has 3 aromatic carbocycles. The van der Waals surface area contributed by atoms with Crippen LogP contribution in [-0.4, -0.2) is 28.6 Å². The lowest BCUT2D eigenvalue weighted by Crippen LogP contribution is -2.27. The summed E-state index contributed by atoms with van der Waals surface area (Å²) in [6.45, 7) is 0.0865. The van der Waals surface area contributed by atoms with Gasteiger partial charge >= 0.3 is 0 Å². The van der Waals surface area contributed by atoms with Gasteiger partial charge in [-0.3, -0.25) is 19.3 Å². The monoisotopic (exact) mass is 604 g/mol. The minimum Gasteiger partial charge on any atom is -0.484 e. The second-order valence-corrected chi connectivity index (χ2v) is 9.98. The Bertz CT molecular complexity index is 1250. The number of carbonyl (C=O) groups is 3. The molecule has 1 saturated heterocycles. The summed E-state index contributed by atoms with van der Waals surface area (Å²) in [5.41, 5.74) is 2.27. The zero-order valence-electron chi connectivity index (χ0n) is 17.7. The maximum atomic E-state index is 12.7. The quantitative estimate of drug-likeness (QED) is 0.257. The zero-order chi connectivity index (χ0) is 24.1. The molecule has 0 saturated carbocycles. The van der Waals surface area contributed by atoms with Crippen LogP contribution < -0.4 is 10.1 Å². The van der Waals surface area contributed by atoms with Crippen LogP contribution in [0.15, 0.2) is 77.7 Å². The Hall–Kier alpha value is -2.82. The number of nitrogens with zero attached hydrogens (tertiary/aromatic N) is 1. The molecule has 1 N–H and O–H groups in total. The van der Waals surface area contributed by atoms with Gasteiger partial charge in [0.2, 0.25) is 0 Å². The number of rotatable bonds is 7. The molecular weight excluding hydrogens is 587 g/mol. The number of carbonyl (C=O) groups excluding carboxylic acids is 3. The molecule has 1 aliphatic heterocycles. The number of hydrogen-bond acceptors (Lipinski definition) is 5. The number of amides is 3. The van der Waals surface area contributed by atoms with Crippen LogP contribution in [0.3, 0.4) is 0 Å². The number of nitrogens with one attached hydrogen (secondary N) is 1. The van der Waals surface area contributed by atoms with E-state index in [9.17, 15) is 14.4 Å². The number of hydrogen-bond donors (Lipinski definition) is 1. The summed E-state index contributed by atoms with van der Waals surface area (Å²) >= 11 is 8.97. The number of imide groups is 1. The van der Waals surface area contributed by atoms with Crippen molar-refractivity contribution in [3.8, 4) is 5.75 Å². The largest absolute Gasteiger partial charge is 0.484 e. The standard InChI is InChI=1S/C25H18ClIN2O4S/c26-18-5-9-20(10-6-18)28-23(30)15-33-21-11-3-16(4-12-21)13-22-24(31)29(25(32)34-22)14-17-1-7-19(27)8-2-17/h1-13H,14-15H2,(H,28,30)/b22-13-. The summed E-state index contributed by atoms with van der Waals surface area (Å²) in [7, 11) is 0. The van der Waals surface area contributed by atoms with Gasteiger partial charge < -0.3 is 10.1 Å². The summed E-state index contributed by atoms with van der Waals surface area (Å²) in [6, 6.07) is 21.4. The normalized spacial score (nSPS) is 14.5. The summed E-state index contributed by atoms with van der Waals surface area (Å²) < 4.78 is 6.61. The predicted octanol–water partition coefficient (Wildman–Crippen LogP) is 6.20. The van der Waals surface area contributed by atoms with E-state index in [2.05, 4.69) is 27.9 Å². The molecule has 0 atom stereocenters. The molecule has 1 heterocycles. The Morgan fingerprint density at radius 3 is 2.35 bits per heavy atom. The zero-order valence-corrected chi connectivity index (χ0v) is 21.4. The molecular formula is C25H18ClIN2O4S. The van der Waals surface area contributed by atoms with E-state index >= 15 is 0 Å². The van der Waals surface area contributed by atoms with Crippen LogP contribution >= 0.6 is 46.0 Å². The predicted molar refractivity (Wildman–Crippen MR) is 143 cm³/mol. The van der Waals surface area contributed by atoms with Crippen molar-refractivity contribution in [2.24, 2.45) is 0 Å². The van der Waals surface area contributed by atoms with E-state index in [1.807, 2.05) is 24.3 Å². The van der Waals surface area contributed by atoms with E-state index in [1.54, 1.807) is 54.6 Å². The van der Waals surface area contributed by atoms with Crippen LogP contribution in [-0.2, 0) is 16.1 Å². The Labute approximate surface area is 219 Å². The highest BCUT2D eigenvalue weighted by atomic mass is 127. The molecule has 0 spiro atoms. The molecule has 1 fully saturated rings. The Balaban J connectivity index is 1.33. The lowest BCUT2D eigenvalue weighted by molar-refractivity contribution is -0.123. The van der Waals surface area contributed by atoms with Crippen molar-refractivity contribution >= 4 is 74.8 Å². The number of thioether (sulfide) groups is 1. The van der Waals surface area contributed by atoms with Crippen molar-refractivity contribution in [1.29, 1.82) is 0 Å². The smallest absolute Gasteiger partial charge is 0.293 e. The van der Waals surface area contributed by atoms with Gasteiger partial charge in [-0.25, -0.2) is 0 Å². The van der Waals surface area contributed by atoms with E-state index in [4.69, 9.17) is 16.3 Å². The fourth-order valence-corrected chi connectivity index (χ4v) is 4.42. The number of anilines is 1. The number of benzene rings is 3. The molecule has 0 aromatic heterocycles. The van der Waals surface area contributed by atoms with Gasteiger partial charge in [0, 0.05) is 14.3 Å². The van der Waals surface area contributed by atoms with E-state index in [0.717, 1.165) is 26.5 Å². The maximum absolute atomic E-state index is 12.7. The van der Waals surface area contributed by atoms with Crippen LogP contribution in [0, 0.1) is 3.57 Å². The number of ether oxygens (including phenoxy) is 1. The van der Waals surface area contributed by atoms with Crippen LogP contribution in [0.1, 0.15) is 11.1 Å². The van der Waals surface area contributed by atoms with Crippen molar-refractivity contribution < 1.29 is 19.1 Å². The van der Waals surface area contributed by atoms with Crippen LogP contribution in [0.2, 0.25) is 5.02 Å². The lowest BCUT2D eigenvalue weighted by atomic mass is 10.2. The molecule has 0 radical (unpaired) electrons. The highest BCUT2D eigenvalue weighted by molar-refractivity contribution is 14.1. The van der Waals surface area contributed by atoms with Crippen LogP contribution in [0.4, 0.5) is 10.5 Å².